The van der Waals surface area contributed by atoms with Gasteiger partial charge in [0.15, 0.2) is 5.96 Å². The molecule has 3 nitrogen and oxygen atoms in total. The predicted molar refractivity (Wildman–Crippen MR) is 70.2 cm³/mol. The summed E-state index contributed by atoms with van der Waals surface area (Å²) in [6, 6.07) is 6.87. The van der Waals surface area contributed by atoms with Crippen molar-refractivity contribution in [2.24, 2.45) is 4.99 Å². The predicted octanol–water partition coefficient (Wildman–Crippen LogP) is 1.61. The van der Waals surface area contributed by atoms with Gasteiger partial charge in [0.2, 0.25) is 0 Å². The Kier molecular flexibility index (Phi) is 2.99. The molecule has 0 saturated heterocycles. The molecule has 0 spiro atoms. The van der Waals surface area contributed by atoms with Crippen molar-refractivity contribution in [1.29, 1.82) is 0 Å². The van der Waals surface area contributed by atoms with E-state index in [1.54, 1.807) is 11.1 Å². The molecule has 0 atom stereocenters. The second kappa shape index (κ2) is 4.78. The molecule has 2 N–H and O–H groups in total. The molecule has 1 aliphatic heterocycles. The van der Waals surface area contributed by atoms with Gasteiger partial charge in [0, 0.05) is 19.6 Å². The van der Waals surface area contributed by atoms with Crippen molar-refractivity contribution in [3.63, 3.8) is 0 Å². The number of aryl methyl sites for hydroxylation is 2. The highest BCUT2D eigenvalue weighted by Gasteiger charge is 2.11. The average molecular weight is 229 g/mol. The molecule has 1 aliphatic carbocycles. The average Bonchev–Trinajstić information content (AvgIpc) is 2.85. The van der Waals surface area contributed by atoms with Gasteiger partial charge >= 0.3 is 0 Å². The summed E-state index contributed by atoms with van der Waals surface area (Å²) in [7, 11) is 0. The fourth-order valence-corrected chi connectivity index (χ4v) is 2.57. The number of rotatable bonds is 2. The Morgan fingerprint density at radius 3 is 3.00 bits per heavy atom. The zero-order chi connectivity index (χ0) is 11.5. The topological polar surface area (TPSA) is 36.4 Å². The molecule has 0 bridgehead atoms. The number of guanidine groups is 1. The van der Waals surface area contributed by atoms with Crippen LogP contribution in [0, 0.1) is 0 Å². The SMILES string of the molecule is c1cc2c(cc1CNC1=NCCCN1)CCC2. The molecule has 0 fully saturated rings. The van der Waals surface area contributed by atoms with E-state index in [4.69, 9.17) is 0 Å². The summed E-state index contributed by atoms with van der Waals surface area (Å²) >= 11 is 0. The highest BCUT2D eigenvalue weighted by atomic mass is 15.2. The van der Waals surface area contributed by atoms with Gasteiger partial charge in [0.05, 0.1) is 0 Å². The Morgan fingerprint density at radius 1 is 1.18 bits per heavy atom. The molecule has 3 rings (SSSR count). The van der Waals surface area contributed by atoms with Crippen molar-refractivity contribution in [3.05, 3.63) is 34.9 Å². The molecule has 0 unspecified atom stereocenters. The zero-order valence-corrected chi connectivity index (χ0v) is 10.1. The lowest BCUT2D eigenvalue weighted by molar-refractivity contribution is 0.702. The van der Waals surface area contributed by atoms with E-state index in [0.717, 1.165) is 32.0 Å². The van der Waals surface area contributed by atoms with E-state index < -0.39 is 0 Å². The second-order valence-electron chi connectivity index (χ2n) is 4.82. The number of fused-ring (bicyclic) bond motifs is 1. The first-order chi connectivity index (χ1) is 8.42. The lowest BCUT2D eigenvalue weighted by Crippen LogP contribution is -2.40. The third-order valence-electron chi connectivity index (χ3n) is 3.52. The first kappa shape index (κ1) is 10.6. The molecule has 90 valence electrons. The highest BCUT2D eigenvalue weighted by Crippen LogP contribution is 2.22. The standard InChI is InChI=1S/C14H19N3/c1-3-12-6-5-11(9-13(12)4-1)10-17-14-15-7-2-8-16-14/h5-6,9H,1-4,7-8,10H2,(H2,15,16,17). The van der Waals surface area contributed by atoms with Gasteiger partial charge in [0.1, 0.15) is 0 Å². The Labute approximate surface area is 102 Å². The molecular formula is C14H19N3. The zero-order valence-electron chi connectivity index (χ0n) is 10.1. The van der Waals surface area contributed by atoms with Gasteiger partial charge in [-0.3, -0.25) is 4.99 Å². The molecule has 0 amide bonds. The third-order valence-corrected chi connectivity index (χ3v) is 3.52. The van der Waals surface area contributed by atoms with Crippen LogP contribution in [0.5, 0.6) is 0 Å². The van der Waals surface area contributed by atoms with Crippen LogP contribution < -0.4 is 10.6 Å². The van der Waals surface area contributed by atoms with Crippen LogP contribution in [0.2, 0.25) is 0 Å². The van der Waals surface area contributed by atoms with E-state index in [2.05, 4.69) is 33.8 Å². The van der Waals surface area contributed by atoms with Crippen LogP contribution in [0.25, 0.3) is 0 Å². The minimum atomic E-state index is 0.874. The van der Waals surface area contributed by atoms with Crippen LogP contribution in [-0.2, 0) is 19.4 Å². The van der Waals surface area contributed by atoms with E-state index in [1.807, 2.05) is 0 Å². The van der Waals surface area contributed by atoms with Crippen molar-refractivity contribution in [3.8, 4) is 0 Å². The van der Waals surface area contributed by atoms with E-state index in [-0.39, 0.29) is 0 Å². The third kappa shape index (κ3) is 2.43. The van der Waals surface area contributed by atoms with Crippen molar-refractivity contribution < 1.29 is 0 Å². The van der Waals surface area contributed by atoms with Crippen LogP contribution in [0.1, 0.15) is 29.5 Å². The summed E-state index contributed by atoms with van der Waals surface area (Å²) in [4.78, 5) is 4.41. The van der Waals surface area contributed by atoms with Gasteiger partial charge in [-0.15, -0.1) is 0 Å². The Hall–Kier alpha value is -1.51. The molecule has 0 saturated carbocycles. The summed E-state index contributed by atoms with van der Waals surface area (Å²) in [5.74, 6) is 0.955. The number of nitrogens with zero attached hydrogens (tertiary/aromatic N) is 1. The van der Waals surface area contributed by atoms with E-state index in [1.165, 1.54) is 24.8 Å². The Balaban J connectivity index is 1.63. The second-order valence-corrected chi connectivity index (χ2v) is 4.82. The van der Waals surface area contributed by atoms with Crippen molar-refractivity contribution in [2.45, 2.75) is 32.2 Å². The number of hydrogen-bond donors (Lipinski definition) is 2. The molecule has 1 aromatic carbocycles. The van der Waals surface area contributed by atoms with Crippen molar-refractivity contribution in [1.82, 2.24) is 10.6 Å². The first-order valence-electron chi connectivity index (χ1n) is 6.55. The van der Waals surface area contributed by atoms with E-state index in [0.29, 0.717) is 0 Å². The summed E-state index contributed by atoms with van der Waals surface area (Å²) in [5.41, 5.74) is 4.45. The Bertz CT molecular complexity index is 437. The monoisotopic (exact) mass is 229 g/mol. The number of nitrogens with one attached hydrogen (secondary N) is 2. The quantitative estimate of drug-likeness (QED) is 0.808. The van der Waals surface area contributed by atoms with Crippen LogP contribution in [0.4, 0.5) is 0 Å². The fourth-order valence-electron chi connectivity index (χ4n) is 2.57. The minimum Gasteiger partial charge on any atom is -0.356 e. The number of aliphatic imine (C=N–C) groups is 1. The number of benzene rings is 1. The molecule has 1 aromatic rings. The molecular weight excluding hydrogens is 210 g/mol. The van der Waals surface area contributed by atoms with Gasteiger partial charge in [-0.1, -0.05) is 18.2 Å². The van der Waals surface area contributed by atoms with Crippen LogP contribution in [0.15, 0.2) is 23.2 Å². The van der Waals surface area contributed by atoms with Gasteiger partial charge in [-0.05, 0) is 42.4 Å². The molecule has 2 aliphatic rings. The maximum absolute atomic E-state index is 4.41. The lowest BCUT2D eigenvalue weighted by atomic mass is 10.1. The van der Waals surface area contributed by atoms with Gasteiger partial charge in [-0.25, -0.2) is 0 Å². The summed E-state index contributed by atoms with van der Waals surface area (Å²) in [6.07, 6.45) is 4.98. The largest absolute Gasteiger partial charge is 0.356 e. The van der Waals surface area contributed by atoms with Gasteiger partial charge in [-0.2, -0.15) is 0 Å². The fraction of sp³-hybridized carbons (Fsp3) is 0.500. The number of hydrogen-bond acceptors (Lipinski definition) is 3. The molecule has 0 aromatic heterocycles. The first-order valence-corrected chi connectivity index (χ1v) is 6.55. The summed E-state index contributed by atoms with van der Waals surface area (Å²) < 4.78 is 0. The normalized spacial score (nSPS) is 18.2. The Morgan fingerprint density at radius 2 is 2.12 bits per heavy atom. The maximum atomic E-state index is 4.41. The van der Waals surface area contributed by atoms with Crippen molar-refractivity contribution in [2.75, 3.05) is 13.1 Å². The highest BCUT2D eigenvalue weighted by molar-refractivity contribution is 5.80. The molecule has 0 radical (unpaired) electrons. The van der Waals surface area contributed by atoms with Gasteiger partial charge < -0.3 is 10.6 Å². The summed E-state index contributed by atoms with van der Waals surface area (Å²) in [5, 5.41) is 6.65. The molecule has 1 heterocycles. The van der Waals surface area contributed by atoms with E-state index >= 15 is 0 Å². The molecule has 3 heteroatoms. The lowest BCUT2D eigenvalue weighted by Gasteiger charge is -2.16. The van der Waals surface area contributed by atoms with Crippen molar-refractivity contribution >= 4 is 5.96 Å². The van der Waals surface area contributed by atoms with Crippen LogP contribution in [-0.4, -0.2) is 19.0 Å². The maximum Gasteiger partial charge on any atom is 0.191 e. The smallest absolute Gasteiger partial charge is 0.191 e. The van der Waals surface area contributed by atoms with Crippen LogP contribution >= 0.6 is 0 Å². The summed E-state index contributed by atoms with van der Waals surface area (Å²) in [6.45, 7) is 2.86. The molecule has 17 heavy (non-hydrogen) atoms. The van der Waals surface area contributed by atoms with E-state index in [9.17, 15) is 0 Å². The van der Waals surface area contributed by atoms with Crippen LogP contribution in [0.3, 0.4) is 0 Å². The minimum absolute atomic E-state index is 0.874. The van der Waals surface area contributed by atoms with Gasteiger partial charge in [0.25, 0.3) is 0 Å².